The summed E-state index contributed by atoms with van der Waals surface area (Å²) in [6.45, 7) is 5.93. The number of fused-ring (bicyclic) bond motifs is 1. The molecule has 1 atom stereocenters. The number of hydrogen-bond acceptors (Lipinski definition) is 4. The Morgan fingerprint density at radius 2 is 2.19 bits per heavy atom. The highest BCUT2D eigenvalue weighted by Crippen LogP contribution is 2.26. The van der Waals surface area contributed by atoms with Crippen LogP contribution in [-0.4, -0.2) is 30.1 Å². The Morgan fingerprint density at radius 1 is 1.33 bits per heavy atom. The van der Waals surface area contributed by atoms with Crippen LogP contribution < -0.4 is 10.6 Å². The van der Waals surface area contributed by atoms with Gasteiger partial charge in [0, 0.05) is 36.9 Å². The first-order chi connectivity index (χ1) is 12.7. The largest absolute Gasteiger partial charge is 0.469 e. The van der Waals surface area contributed by atoms with Gasteiger partial charge in [-0.15, -0.1) is 35.3 Å². The molecule has 0 saturated carbocycles. The molecular formula is C20H31IN4OS. The SMILES string of the molecule is CCC(C)NC(=NCCc1nc2c(s1)CCCC2)NCCc1ccco1.I. The van der Waals surface area contributed by atoms with Gasteiger partial charge in [0.1, 0.15) is 5.76 Å². The summed E-state index contributed by atoms with van der Waals surface area (Å²) in [5.41, 5.74) is 1.34. The Hall–Kier alpha value is -1.09. The number of thiazole rings is 1. The van der Waals surface area contributed by atoms with Gasteiger partial charge < -0.3 is 15.1 Å². The van der Waals surface area contributed by atoms with Crippen molar-refractivity contribution in [3.05, 3.63) is 39.7 Å². The van der Waals surface area contributed by atoms with Crippen molar-refractivity contribution in [1.82, 2.24) is 15.6 Å². The van der Waals surface area contributed by atoms with E-state index in [9.17, 15) is 0 Å². The van der Waals surface area contributed by atoms with Gasteiger partial charge in [0.05, 0.1) is 17.0 Å². The topological polar surface area (TPSA) is 62.5 Å². The minimum absolute atomic E-state index is 0. The summed E-state index contributed by atoms with van der Waals surface area (Å²) in [7, 11) is 0. The van der Waals surface area contributed by atoms with E-state index < -0.39 is 0 Å². The second kappa shape index (κ2) is 11.7. The minimum atomic E-state index is 0. The Bertz CT molecular complexity index is 675. The number of aryl methyl sites for hydroxylation is 2. The fourth-order valence-electron chi connectivity index (χ4n) is 3.02. The van der Waals surface area contributed by atoms with Crippen LogP contribution in [0.1, 0.15) is 54.4 Å². The molecule has 0 aromatic carbocycles. The van der Waals surface area contributed by atoms with Gasteiger partial charge in [-0.2, -0.15) is 0 Å². The molecule has 0 aliphatic heterocycles. The zero-order chi connectivity index (χ0) is 18.2. The Kier molecular flexibility index (Phi) is 9.61. The molecule has 150 valence electrons. The van der Waals surface area contributed by atoms with Crippen molar-refractivity contribution >= 4 is 41.3 Å². The van der Waals surface area contributed by atoms with E-state index in [0.717, 1.165) is 50.5 Å². The van der Waals surface area contributed by atoms with Crippen molar-refractivity contribution < 1.29 is 4.42 Å². The molecule has 5 nitrogen and oxygen atoms in total. The van der Waals surface area contributed by atoms with E-state index in [1.807, 2.05) is 23.5 Å². The van der Waals surface area contributed by atoms with Gasteiger partial charge in [-0.1, -0.05) is 6.92 Å². The van der Waals surface area contributed by atoms with Gasteiger partial charge in [-0.3, -0.25) is 4.99 Å². The first-order valence-corrected chi connectivity index (χ1v) is 10.6. The number of furan rings is 1. The molecule has 3 rings (SSSR count). The van der Waals surface area contributed by atoms with Crippen LogP contribution in [0.4, 0.5) is 0 Å². The Morgan fingerprint density at radius 3 is 2.93 bits per heavy atom. The van der Waals surface area contributed by atoms with E-state index in [4.69, 9.17) is 14.4 Å². The number of nitrogens with zero attached hydrogens (tertiary/aromatic N) is 2. The fourth-order valence-corrected chi connectivity index (χ4v) is 4.17. The number of nitrogens with one attached hydrogen (secondary N) is 2. The highest BCUT2D eigenvalue weighted by Gasteiger charge is 2.14. The summed E-state index contributed by atoms with van der Waals surface area (Å²) in [5, 5.41) is 8.13. The lowest BCUT2D eigenvalue weighted by molar-refractivity contribution is 0.506. The quantitative estimate of drug-likeness (QED) is 0.320. The molecule has 0 bridgehead atoms. The van der Waals surface area contributed by atoms with Crippen LogP contribution in [0.3, 0.4) is 0 Å². The predicted molar refractivity (Wildman–Crippen MR) is 123 cm³/mol. The average Bonchev–Trinajstić information content (AvgIpc) is 3.30. The summed E-state index contributed by atoms with van der Waals surface area (Å²) < 4.78 is 5.39. The zero-order valence-corrected chi connectivity index (χ0v) is 19.4. The van der Waals surface area contributed by atoms with Crippen LogP contribution in [0.5, 0.6) is 0 Å². The van der Waals surface area contributed by atoms with Crippen LogP contribution >= 0.6 is 35.3 Å². The molecule has 1 aliphatic rings. The van der Waals surface area contributed by atoms with Gasteiger partial charge in [0.15, 0.2) is 5.96 Å². The summed E-state index contributed by atoms with van der Waals surface area (Å²) in [5.74, 6) is 1.88. The monoisotopic (exact) mass is 502 g/mol. The lowest BCUT2D eigenvalue weighted by Crippen LogP contribution is -2.43. The highest BCUT2D eigenvalue weighted by atomic mass is 127. The molecule has 2 aromatic heterocycles. The predicted octanol–water partition coefficient (Wildman–Crippen LogP) is 4.35. The lowest BCUT2D eigenvalue weighted by Gasteiger charge is -2.16. The van der Waals surface area contributed by atoms with Crippen molar-refractivity contribution in [2.75, 3.05) is 13.1 Å². The Labute approximate surface area is 183 Å². The van der Waals surface area contributed by atoms with Crippen molar-refractivity contribution in [3.8, 4) is 0 Å². The molecule has 0 spiro atoms. The van der Waals surface area contributed by atoms with Gasteiger partial charge in [0.2, 0.25) is 0 Å². The van der Waals surface area contributed by atoms with Gasteiger partial charge in [0.25, 0.3) is 0 Å². The minimum Gasteiger partial charge on any atom is -0.469 e. The number of hydrogen-bond donors (Lipinski definition) is 2. The normalized spacial score (nSPS) is 15.0. The van der Waals surface area contributed by atoms with Crippen molar-refractivity contribution in [2.45, 2.75) is 64.8 Å². The standard InChI is InChI=1S/C20H30N4OS.HI/c1-3-15(2)23-20(21-12-10-16-7-6-14-25-16)22-13-11-19-24-17-8-4-5-9-18(17)26-19;/h6-7,14-15H,3-5,8-13H2,1-2H3,(H2,21,22,23);1H. The maximum Gasteiger partial charge on any atom is 0.191 e. The van der Waals surface area contributed by atoms with Crippen molar-refractivity contribution in [3.63, 3.8) is 0 Å². The molecular weight excluding hydrogens is 471 g/mol. The van der Waals surface area contributed by atoms with Gasteiger partial charge >= 0.3 is 0 Å². The maximum absolute atomic E-state index is 5.39. The highest BCUT2D eigenvalue weighted by molar-refractivity contribution is 14.0. The van der Waals surface area contributed by atoms with Crippen LogP contribution in [0.25, 0.3) is 0 Å². The van der Waals surface area contributed by atoms with E-state index in [1.165, 1.54) is 34.8 Å². The van der Waals surface area contributed by atoms with Crippen LogP contribution in [-0.2, 0) is 25.7 Å². The zero-order valence-electron chi connectivity index (χ0n) is 16.3. The van der Waals surface area contributed by atoms with E-state index in [0.29, 0.717) is 6.04 Å². The molecule has 1 aliphatic carbocycles. The number of guanidine groups is 1. The number of rotatable bonds is 8. The smallest absolute Gasteiger partial charge is 0.191 e. The van der Waals surface area contributed by atoms with Crippen LogP contribution in [0, 0.1) is 0 Å². The number of aliphatic imine (C=N–C) groups is 1. The van der Waals surface area contributed by atoms with E-state index in [2.05, 4.69) is 24.5 Å². The second-order valence-electron chi connectivity index (χ2n) is 6.87. The maximum atomic E-state index is 5.39. The van der Waals surface area contributed by atoms with Crippen molar-refractivity contribution in [1.29, 1.82) is 0 Å². The molecule has 2 N–H and O–H groups in total. The average molecular weight is 502 g/mol. The first kappa shape index (κ1) is 22.2. The molecule has 2 heterocycles. The molecule has 2 aromatic rings. The molecule has 0 saturated heterocycles. The van der Waals surface area contributed by atoms with Gasteiger partial charge in [-0.05, 0) is 51.2 Å². The third-order valence-corrected chi connectivity index (χ3v) is 5.94. The van der Waals surface area contributed by atoms with Gasteiger partial charge in [-0.25, -0.2) is 4.98 Å². The van der Waals surface area contributed by atoms with E-state index >= 15 is 0 Å². The molecule has 27 heavy (non-hydrogen) atoms. The summed E-state index contributed by atoms with van der Waals surface area (Å²) in [4.78, 5) is 11.1. The van der Waals surface area contributed by atoms with Crippen LogP contribution in [0.15, 0.2) is 27.8 Å². The number of aromatic nitrogens is 1. The third kappa shape index (κ3) is 7.10. The summed E-state index contributed by atoms with van der Waals surface area (Å²) in [6.07, 6.45) is 9.53. The molecule has 0 radical (unpaired) electrons. The summed E-state index contributed by atoms with van der Waals surface area (Å²) >= 11 is 1.89. The Balaban J connectivity index is 0.00000261. The van der Waals surface area contributed by atoms with Crippen LogP contribution in [0.2, 0.25) is 0 Å². The molecule has 0 amide bonds. The lowest BCUT2D eigenvalue weighted by atomic mass is 10.0. The second-order valence-corrected chi connectivity index (χ2v) is 8.04. The first-order valence-electron chi connectivity index (χ1n) is 9.79. The third-order valence-electron chi connectivity index (χ3n) is 4.72. The van der Waals surface area contributed by atoms with E-state index in [-0.39, 0.29) is 24.0 Å². The summed E-state index contributed by atoms with van der Waals surface area (Å²) in [6, 6.07) is 4.33. The molecule has 7 heteroatoms. The molecule has 1 unspecified atom stereocenters. The van der Waals surface area contributed by atoms with Crippen molar-refractivity contribution in [2.24, 2.45) is 4.99 Å². The molecule has 0 fully saturated rings. The number of halogens is 1. The fraction of sp³-hybridized carbons (Fsp3) is 0.600. The van der Waals surface area contributed by atoms with E-state index in [1.54, 1.807) is 6.26 Å².